The third-order valence-electron chi connectivity index (χ3n) is 2.66. The quantitative estimate of drug-likeness (QED) is 0.826. The van der Waals surface area contributed by atoms with Crippen molar-refractivity contribution in [3.63, 3.8) is 0 Å². The fraction of sp³-hybridized carbons (Fsp3) is 0.417. The van der Waals surface area contributed by atoms with Gasteiger partial charge in [-0.15, -0.1) is 0 Å². The van der Waals surface area contributed by atoms with Crippen LogP contribution in [0.2, 0.25) is 5.02 Å². The first-order chi connectivity index (χ1) is 7.66. The number of benzene rings is 1. The molecule has 0 radical (unpaired) electrons. The molecule has 1 unspecified atom stereocenters. The molecule has 1 nitrogen and oxygen atoms in total. The summed E-state index contributed by atoms with van der Waals surface area (Å²) in [7, 11) is 0. The van der Waals surface area contributed by atoms with Crippen LogP contribution in [0.5, 0.6) is 0 Å². The van der Waals surface area contributed by atoms with Gasteiger partial charge in [-0.25, -0.2) is 4.39 Å². The summed E-state index contributed by atoms with van der Waals surface area (Å²) in [6.07, 6.45) is 2.16. The standard InChI is InChI=1S/C12H12ClFOS/c13-9-3-4-10(14)8(6-9)7-11(15)12-2-1-5-16-12/h3-4,6,12H,1-2,5,7H2. The van der Waals surface area contributed by atoms with Crippen LogP contribution in [0.3, 0.4) is 0 Å². The largest absolute Gasteiger partial charge is 0.298 e. The number of ketones is 1. The van der Waals surface area contributed by atoms with E-state index >= 15 is 0 Å². The number of carbonyl (C=O) groups is 1. The fourth-order valence-electron chi connectivity index (χ4n) is 1.81. The summed E-state index contributed by atoms with van der Waals surface area (Å²) in [5.74, 6) is 0.804. The molecule has 1 aliphatic heterocycles. The van der Waals surface area contributed by atoms with Crippen molar-refractivity contribution < 1.29 is 9.18 Å². The molecule has 1 saturated heterocycles. The van der Waals surface area contributed by atoms with E-state index in [1.807, 2.05) is 0 Å². The molecule has 0 N–H and O–H groups in total. The molecule has 0 spiro atoms. The third kappa shape index (κ3) is 2.77. The molecular weight excluding hydrogens is 247 g/mol. The van der Waals surface area contributed by atoms with E-state index in [1.54, 1.807) is 11.8 Å². The summed E-state index contributed by atoms with van der Waals surface area (Å²) in [4.78, 5) is 11.8. The lowest BCUT2D eigenvalue weighted by atomic mass is 10.0. The van der Waals surface area contributed by atoms with Gasteiger partial charge < -0.3 is 0 Å². The lowest BCUT2D eigenvalue weighted by molar-refractivity contribution is -0.118. The first-order valence-electron chi connectivity index (χ1n) is 5.25. The molecule has 1 aromatic rings. The number of hydrogen-bond donors (Lipinski definition) is 0. The summed E-state index contributed by atoms with van der Waals surface area (Å²) in [5, 5.41) is 0.529. The minimum atomic E-state index is -0.347. The molecule has 1 heterocycles. The second-order valence-electron chi connectivity index (χ2n) is 3.88. The predicted molar refractivity (Wildman–Crippen MR) is 65.6 cm³/mol. The van der Waals surface area contributed by atoms with Gasteiger partial charge in [0.1, 0.15) is 11.6 Å². The van der Waals surface area contributed by atoms with Crippen LogP contribution in [0.25, 0.3) is 0 Å². The molecule has 1 atom stereocenters. The van der Waals surface area contributed by atoms with Crippen LogP contribution in [-0.4, -0.2) is 16.8 Å². The molecule has 0 saturated carbocycles. The average Bonchev–Trinajstić information content (AvgIpc) is 2.76. The Bertz CT molecular complexity index is 402. The van der Waals surface area contributed by atoms with Gasteiger partial charge in [0.15, 0.2) is 0 Å². The zero-order valence-electron chi connectivity index (χ0n) is 8.71. The molecule has 16 heavy (non-hydrogen) atoms. The maximum atomic E-state index is 13.4. The molecule has 0 amide bonds. The van der Waals surface area contributed by atoms with E-state index in [4.69, 9.17) is 11.6 Å². The van der Waals surface area contributed by atoms with E-state index in [0.717, 1.165) is 18.6 Å². The lowest BCUT2D eigenvalue weighted by Gasteiger charge is -2.08. The molecule has 0 aromatic heterocycles. The predicted octanol–water partition coefficient (Wildman–Crippen LogP) is 3.49. The highest BCUT2D eigenvalue weighted by Crippen LogP contribution is 2.28. The van der Waals surface area contributed by atoms with Crippen LogP contribution in [-0.2, 0) is 11.2 Å². The number of carbonyl (C=O) groups excluding carboxylic acids is 1. The van der Waals surface area contributed by atoms with Gasteiger partial charge in [-0.1, -0.05) is 11.6 Å². The first kappa shape index (κ1) is 11.9. The van der Waals surface area contributed by atoms with Gasteiger partial charge >= 0.3 is 0 Å². The Morgan fingerprint density at radius 3 is 3.06 bits per heavy atom. The highest BCUT2D eigenvalue weighted by molar-refractivity contribution is 8.00. The van der Waals surface area contributed by atoms with Gasteiger partial charge in [-0.2, -0.15) is 11.8 Å². The Morgan fingerprint density at radius 1 is 1.56 bits per heavy atom. The average molecular weight is 259 g/mol. The lowest BCUT2D eigenvalue weighted by Crippen LogP contribution is -2.17. The molecule has 86 valence electrons. The number of Topliss-reactive ketones (excluding diaryl/α,β-unsaturated/α-hetero) is 1. The molecule has 1 fully saturated rings. The fourth-order valence-corrected chi connectivity index (χ4v) is 3.23. The Labute approximate surface area is 103 Å². The van der Waals surface area contributed by atoms with Gasteiger partial charge in [-0.3, -0.25) is 4.79 Å². The summed E-state index contributed by atoms with van der Waals surface area (Å²) >= 11 is 7.45. The zero-order valence-corrected chi connectivity index (χ0v) is 10.3. The van der Waals surface area contributed by atoms with Crippen LogP contribution < -0.4 is 0 Å². The Kier molecular flexibility index (Phi) is 3.87. The monoisotopic (exact) mass is 258 g/mol. The van der Waals surface area contributed by atoms with Gasteiger partial charge in [0.05, 0.1) is 5.25 Å². The van der Waals surface area contributed by atoms with E-state index in [-0.39, 0.29) is 23.3 Å². The molecule has 1 aliphatic rings. The minimum absolute atomic E-state index is 0.0541. The molecular formula is C12H12ClFOS. The topological polar surface area (TPSA) is 17.1 Å². The van der Waals surface area contributed by atoms with Crippen molar-refractivity contribution in [3.8, 4) is 0 Å². The normalized spacial score (nSPS) is 20.0. The zero-order chi connectivity index (χ0) is 11.5. The van der Waals surface area contributed by atoms with Crippen molar-refractivity contribution in [2.75, 3.05) is 5.75 Å². The van der Waals surface area contributed by atoms with E-state index < -0.39 is 0 Å². The van der Waals surface area contributed by atoms with E-state index in [9.17, 15) is 9.18 Å². The van der Waals surface area contributed by atoms with Crippen molar-refractivity contribution in [1.29, 1.82) is 0 Å². The summed E-state index contributed by atoms with van der Waals surface area (Å²) in [5.41, 5.74) is 0.407. The maximum absolute atomic E-state index is 13.4. The highest BCUT2D eigenvalue weighted by atomic mass is 35.5. The Balaban J connectivity index is 2.07. The van der Waals surface area contributed by atoms with Gasteiger partial charge in [-0.05, 0) is 42.4 Å². The van der Waals surface area contributed by atoms with Crippen LogP contribution in [0, 0.1) is 5.82 Å². The second-order valence-corrected chi connectivity index (χ2v) is 5.63. The molecule has 2 rings (SSSR count). The van der Waals surface area contributed by atoms with Crippen LogP contribution in [0.15, 0.2) is 18.2 Å². The molecule has 0 bridgehead atoms. The first-order valence-corrected chi connectivity index (χ1v) is 6.68. The summed E-state index contributed by atoms with van der Waals surface area (Å²) < 4.78 is 13.4. The van der Waals surface area contributed by atoms with E-state index in [1.165, 1.54) is 18.2 Å². The Hall–Kier alpha value is -0.540. The third-order valence-corrected chi connectivity index (χ3v) is 4.32. The number of thioether (sulfide) groups is 1. The van der Waals surface area contributed by atoms with Gasteiger partial charge in [0.25, 0.3) is 0 Å². The summed E-state index contributed by atoms with van der Waals surface area (Å²) in [6, 6.07) is 4.34. The maximum Gasteiger partial charge on any atom is 0.150 e. The number of rotatable bonds is 3. The number of hydrogen-bond acceptors (Lipinski definition) is 2. The van der Waals surface area contributed by atoms with Crippen molar-refractivity contribution in [2.24, 2.45) is 0 Å². The van der Waals surface area contributed by atoms with E-state index in [0.29, 0.717) is 10.6 Å². The molecule has 1 aromatic carbocycles. The van der Waals surface area contributed by atoms with Crippen molar-refractivity contribution in [3.05, 3.63) is 34.6 Å². The SMILES string of the molecule is O=C(Cc1cc(Cl)ccc1F)C1CCCS1. The van der Waals surface area contributed by atoms with Crippen LogP contribution in [0.1, 0.15) is 18.4 Å². The van der Waals surface area contributed by atoms with Crippen LogP contribution >= 0.6 is 23.4 Å². The molecule has 0 aliphatic carbocycles. The molecule has 4 heteroatoms. The van der Waals surface area contributed by atoms with Gasteiger partial charge in [0.2, 0.25) is 0 Å². The summed E-state index contributed by atoms with van der Waals surface area (Å²) in [6.45, 7) is 0. The van der Waals surface area contributed by atoms with Crippen molar-refractivity contribution in [1.82, 2.24) is 0 Å². The minimum Gasteiger partial charge on any atom is -0.298 e. The second kappa shape index (κ2) is 5.19. The smallest absolute Gasteiger partial charge is 0.150 e. The number of halogens is 2. The van der Waals surface area contributed by atoms with Gasteiger partial charge in [0, 0.05) is 11.4 Å². The Morgan fingerprint density at radius 2 is 2.38 bits per heavy atom. The highest BCUT2D eigenvalue weighted by Gasteiger charge is 2.23. The van der Waals surface area contributed by atoms with Crippen molar-refractivity contribution in [2.45, 2.75) is 24.5 Å². The van der Waals surface area contributed by atoms with E-state index in [2.05, 4.69) is 0 Å². The van der Waals surface area contributed by atoms with Crippen LogP contribution in [0.4, 0.5) is 4.39 Å². The van der Waals surface area contributed by atoms with Crippen molar-refractivity contribution >= 4 is 29.1 Å².